The molecule has 1 unspecified atom stereocenters. The van der Waals surface area contributed by atoms with Crippen LogP contribution in [0.5, 0.6) is 11.5 Å². The number of unbranched alkanes of at least 4 members (excludes halogenated alkanes) is 1. The number of halogens is 1. The Labute approximate surface area is 193 Å². The molecule has 0 radical (unpaired) electrons. The number of ether oxygens (including phenoxy) is 1. The van der Waals surface area contributed by atoms with Crippen LogP contribution < -0.4 is 15.3 Å². The van der Waals surface area contributed by atoms with Gasteiger partial charge in [-0.3, -0.25) is 0 Å². The van der Waals surface area contributed by atoms with Crippen LogP contribution in [-0.4, -0.2) is 10.1 Å². The predicted octanol–water partition coefficient (Wildman–Crippen LogP) is 7.17. The summed E-state index contributed by atoms with van der Waals surface area (Å²) in [5.41, 5.74) is 3.48. The van der Waals surface area contributed by atoms with Crippen molar-refractivity contribution in [1.29, 1.82) is 0 Å². The van der Waals surface area contributed by atoms with Crippen molar-refractivity contribution >= 4 is 13.6 Å². The lowest BCUT2D eigenvalue weighted by molar-refractivity contribution is 0.241. The van der Waals surface area contributed by atoms with E-state index in [0.29, 0.717) is 23.4 Å². The summed E-state index contributed by atoms with van der Waals surface area (Å²) in [5.74, 6) is 1.83. The van der Waals surface area contributed by atoms with Crippen molar-refractivity contribution in [2.45, 2.75) is 85.0 Å². The van der Waals surface area contributed by atoms with Crippen molar-refractivity contribution in [1.82, 2.24) is 5.25 Å². The van der Waals surface area contributed by atoms with Gasteiger partial charge in [0.1, 0.15) is 5.75 Å². The number of aryl methyl sites for hydroxylation is 2. The van der Waals surface area contributed by atoms with E-state index in [0.717, 1.165) is 41.0 Å². The van der Waals surface area contributed by atoms with Crippen LogP contribution >= 0.6 is 8.30 Å². The zero-order valence-electron chi connectivity index (χ0n) is 19.7. The van der Waals surface area contributed by atoms with E-state index in [1.165, 1.54) is 32.1 Å². The second kappa shape index (κ2) is 11.6. The van der Waals surface area contributed by atoms with Crippen LogP contribution in [0.25, 0.3) is 0 Å². The van der Waals surface area contributed by atoms with Crippen LogP contribution in [-0.2, 0) is 6.42 Å². The highest BCUT2D eigenvalue weighted by Crippen LogP contribution is 2.42. The second-order valence-corrected chi connectivity index (χ2v) is 10.4. The Bertz CT molecular complexity index is 889. The molecule has 0 saturated heterocycles. The normalized spacial score (nSPS) is 19.7. The first-order valence-corrected chi connectivity index (χ1v) is 13.2. The number of hydrogen-bond donors (Lipinski definition) is 3. The molecule has 1 aliphatic carbocycles. The van der Waals surface area contributed by atoms with E-state index in [1.807, 2.05) is 26.0 Å². The first-order chi connectivity index (χ1) is 15.4. The van der Waals surface area contributed by atoms with Crippen LogP contribution in [0, 0.1) is 25.6 Å². The molecule has 1 aliphatic rings. The maximum atomic E-state index is 15.5. The molecule has 176 valence electrons. The molecule has 6 heteroatoms. The fourth-order valence-electron chi connectivity index (χ4n) is 5.07. The molecule has 0 bridgehead atoms. The monoisotopic (exact) mass is 461 g/mol. The largest absolute Gasteiger partial charge is 0.454 e. The molecule has 1 fully saturated rings. The molecule has 2 aromatic carbocycles. The molecular weight excluding hydrogens is 424 g/mol. The van der Waals surface area contributed by atoms with E-state index in [2.05, 4.69) is 13.0 Å². The second-order valence-electron chi connectivity index (χ2n) is 9.08. The minimum atomic E-state index is -1.83. The Morgan fingerprint density at radius 3 is 2.31 bits per heavy atom. The average Bonchev–Trinajstić information content (AvgIpc) is 2.80. The summed E-state index contributed by atoms with van der Waals surface area (Å²) in [7, 11) is -1.83. The molecule has 1 atom stereocenters. The molecule has 4 nitrogen and oxygen atoms in total. The fraction of sp³-hybridized carbons (Fsp3) is 0.538. The Balaban J connectivity index is 1.81. The van der Waals surface area contributed by atoms with Crippen molar-refractivity contribution in [3.63, 3.8) is 0 Å². The van der Waals surface area contributed by atoms with Crippen LogP contribution in [0.1, 0.15) is 87.0 Å². The summed E-state index contributed by atoms with van der Waals surface area (Å²) in [5, 5.41) is 11.5. The minimum absolute atomic E-state index is 0.243. The van der Waals surface area contributed by atoms with E-state index in [9.17, 15) is 4.89 Å². The number of hydrogen-bond acceptors (Lipinski definition) is 4. The summed E-state index contributed by atoms with van der Waals surface area (Å²) < 4.78 is 21.6. The quantitative estimate of drug-likeness (QED) is 0.274. The number of benzene rings is 2. The van der Waals surface area contributed by atoms with Crippen molar-refractivity contribution in [3.05, 3.63) is 52.3 Å². The summed E-state index contributed by atoms with van der Waals surface area (Å²) in [6.45, 7) is 7.97. The van der Waals surface area contributed by atoms with Gasteiger partial charge in [0.15, 0.2) is 19.9 Å². The zero-order chi connectivity index (χ0) is 23.3. The van der Waals surface area contributed by atoms with E-state index in [-0.39, 0.29) is 11.6 Å². The molecule has 0 heterocycles. The lowest BCUT2D eigenvalue weighted by Crippen LogP contribution is -2.15. The predicted molar refractivity (Wildman–Crippen MR) is 130 cm³/mol. The minimum Gasteiger partial charge on any atom is -0.454 e. The van der Waals surface area contributed by atoms with Gasteiger partial charge in [-0.2, -0.15) is 5.25 Å². The van der Waals surface area contributed by atoms with Crippen LogP contribution in [0.2, 0.25) is 0 Å². The molecule has 0 aliphatic heterocycles. The zero-order valence-corrected chi connectivity index (χ0v) is 20.6. The van der Waals surface area contributed by atoms with Crippen molar-refractivity contribution in [2.24, 2.45) is 5.92 Å². The highest BCUT2D eigenvalue weighted by Gasteiger charge is 2.26. The van der Waals surface area contributed by atoms with Gasteiger partial charge in [0, 0.05) is 5.30 Å². The van der Waals surface area contributed by atoms with E-state index in [1.54, 1.807) is 18.2 Å². The Morgan fingerprint density at radius 1 is 1.09 bits per heavy atom. The third-order valence-corrected chi connectivity index (χ3v) is 7.78. The van der Waals surface area contributed by atoms with Gasteiger partial charge >= 0.3 is 0 Å². The molecule has 0 aromatic heterocycles. The van der Waals surface area contributed by atoms with Crippen LogP contribution in [0.15, 0.2) is 24.3 Å². The van der Waals surface area contributed by atoms with E-state index >= 15 is 4.39 Å². The third kappa shape index (κ3) is 5.69. The number of rotatable bonds is 9. The van der Waals surface area contributed by atoms with E-state index in [4.69, 9.17) is 9.94 Å². The maximum Gasteiger partial charge on any atom is 0.169 e. The highest BCUT2D eigenvalue weighted by atomic mass is 31.2. The summed E-state index contributed by atoms with van der Waals surface area (Å²) >= 11 is 0. The summed E-state index contributed by atoms with van der Waals surface area (Å²) in [6.07, 6.45) is 9.31. The van der Waals surface area contributed by atoms with Crippen molar-refractivity contribution in [3.8, 4) is 11.5 Å². The maximum absolute atomic E-state index is 15.5. The van der Waals surface area contributed by atoms with Gasteiger partial charge in [0.2, 0.25) is 0 Å². The molecular formula is C26H37FNO3P. The lowest BCUT2D eigenvalue weighted by atomic mass is 9.75. The van der Waals surface area contributed by atoms with Gasteiger partial charge in [-0.05, 0) is 98.2 Å². The Hall–Kier alpha value is -1.52. The molecule has 1 saturated carbocycles. The van der Waals surface area contributed by atoms with Crippen molar-refractivity contribution < 1.29 is 19.2 Å². The summed E-state index contributed by atoms with van der Waals surface area (Å²) in [4.78, 5) is 9.89. The Kier molecular flexibility index (Phi) is 9.07. The average molecular weight is 462 g/mol. The Morgan fingerprint density at radius 2 is 1.75 bits per heavy atom. The smallest absolute Gasteiger partial charge is 0.169 e. The molecule has 3 N–H and O–H groups in total. The molecule has 0 amide bonds. The lowest BCUT2D eigenvalue weighted by Gasteiger charge is -2.30. The molecule has 3 rings (SSSR count). The summed E-state index contributed by atoms with van der Waals surface area (Å²) in [6, 6.07) is 7.34. The third-order valence-electron chi connectivity index (χ3n) is 6.85. The van der Waals surface area contributed by atoms with Crippen LogP contribution in [0.3, 0.4) is 0 Å². The molecule has 32 heavy (non-hydrogen) atoms. The SMILES string of the molecule is CCCCC1CCC(c2ccc(Oc3c(C)cc(P(O)NO)cc3C)c(F)c2CC)CC1. The fourth-order valence-corrected chi connectivity index (χ4v) is 5.82. The van der Waals surface area contributed by atoms with Gasteiger partial charge in [-0.1, -0.05) is 39.2 Å². The topological polar surface area (TPSA) is 61.7 Å². The standard InChI is InChI=1S/C26H37FNO3P/c1-5-7-8-19-9-11-20(12-10-19)23-13-14-24(25(27)22(23)6-2)31-26-17(3)15-21(16-18(26)4)32(30)28-29/h13-16,19-20,28-30H,5-12H2,1-4H3. The van der Waals surface area contributed by atoms with Gasteiger partial charge in [-0.15, -0.1) is 0 Å². The van der Waals surface area contributed by atoms with Gasteiger partial charge in [-0.25, -0.2) is 4.39 Å². The van der Waals surface area contributed by atoms with Gasteiger partial charge in [0.05, 0.1) is 0 Å². The first kappa shape index (κ1) is 25.1. The van der Waals surface area contributed by atoms with Gasteiger partial charge < -0.3 is 14.8 Å². The van der Waals surface area contributed by atoms with Crippen molar-refractivity contribution in [2.75, 3.05) is 0 Å². The molecule has 0 spiro atoms. The van der Waals surface area contributed by atoms with E-state index < -0.39 is 8.30 Å². The van der Waals surface area contributed by atoms with Crippen LogP contribution in [0.4, 0.5) is 4.39 Å². The molecule has 2 aromatic rings. The highest BCUT2D eigenvalue weighted by molar-refractivity contribution is 7.57. The number of nitrogens with one attached hydrogen (secondary N) is 1. The first-order valence-electron chi connectivity index (χ1n) is 11.9. The van der Waals surface area contributed by atoms with Gasteiger partial charge in [0.25, 0.3) is 0 Å².